The molecule has 3 aromatic carbocycles. The van der Waals surface area contributed by atoms with E-state index in [9.17, 15) is 13.2 Å². The van der Waals surface area contributed by atoms with Crippen LogP contribution in [-0.4, -0.2) is 41.2 Å². The average molecular weight is 531 g/mol. The number of fused-ring (bicyclic) bond motifs is 1. The third-order valence-corrected chi connectivity index (χ3v) is 7.76. The molecule has 3 aromatic rings. The molecule has 8 nitrogen and oxygen atoms in total. The molecule has 0 spiro atoms. The van der Waals surface area contributed by atoms with Crippen LogP contribution in [0.1, 0.15) is 24.1 Å². The molecule has 1 amide bonds. The van der Waals surface area contributed by atoms with Crippen molar-refractivity contribution in [3.05, 3.63) is 76.8 Å². The molecule has 0 bridgehead atoms. The number of ether oxygens (including phenoxy) is 3. The van der Waals surface area contributed by atoms with E-state index >= 15 is 0 Å². The molecule has 10 heteroatoms. The van der Waals surface area contributed by atoms with Gasteiger partial charge < -0.3 is 19.5 Å². The zero-order valence-electron chi connectivity index (χ0n) is 20.2. The molecule has 1 atom stereocenters. The maximum atomic E-state index is 13.7. The third-order valence-electron chi connectivity index (χ3n) is 5.75. The number of rotatable bonds is 8. The van der Waals surface area contributed by atoms with Gasteiger partial charge in [-0.2, -0.15) is 0 Å². The van der Waals surface area contributed by atoms with Gasteiger partial charge in [-0.3, -0.25) is 9.10 Å². The molecule has 190 valence electrons. The van der Waals surface area contributed by atoms with Crippen LogP contribution < -0.4 is 23.8 Å². The second-order valence-corrected chi connectivity index (χ2v) is 10.6. The quantitative estimate of drug-likeness (QED) is 0.461. The Bertz CT molecular complexity index is 1360. The largest absolute Gasteiger partial charge is 0.495 e. The summed E-state index contributed by atoms with van der Waals surface area (Å²) in [4.78, 5) is 13.2. The number of nitrogens with one attached hydrogen (secondary N) is 1. The lowest BCUT2D eigenvalue weighted by molar-refractivity contribution is -0.120. The van der Waals surface area contributed by atoms with Crippen LogP contribution >= 0.6 is 11.6 Å². The molecule has 0 fully saturated rings. The monoisotopic (exact) mass is 530 g/mol. The van der Waals surface area contributed by atoms with Crippen molar-refractivity contribution in [2.75, 3.05) is 31.2 Å². The van der Waals surface area contributed by atoms with E-state index in [1.54, 1.807) is 36.4 Å². The number of methoxy groups -OCH3 is 1. The molecule has 1 unspecified atom stereocenters. The third kappa shape index (κ3) is 5.52. The Kier molecular flexibility index (Phi) is 7.61. The Hall–Kier alpha value is -3.43. The Labute approximate surface area is 215 Å². The first-order valence-electron chi connectivity index (χ1n) is 11.3. The molecule has 0 aliphatic carbocycles. The maximum Gasteiger partial charge on any atom is 0.264 e. The first-order chi connectivity index (χ1) is 17.2. The van der Waals surface area contributed by atoms with E-state index in [1.807, 2.05) is 19.9 Å². The van der Waals surface area contributed by atoms with Crippen LogP contribution in [0.25, 0.3) is 0 Å². The van der Waals surface area contributed by atoms with E-state index in [0.29, 0.717) is 29.7 Å². The number of halogens is 1. The van der Waals surface area contributed by atoms with Crippen molar-refractivity contribution in [1.29, 1.82) is 0 Å². The van der Waals surface area contributed by atoms with Gasteiger partial charge in [-0.25, -0.2) is 8.42 Å². The fourth-order valence-corrected chi connectivity index (χ4v) is 5.42. The number of hydrogen-bond acceptors (Lipinski definition) is 6. The van der Waals surface area contributed by atoms with Gasteiger partial charge in [-0.05, 0) is 61.9 Å². The molecule has 0 saturated heterocycles. The number of sulfonamides is 1. The van der Waals surface area contributed by atoms with Gasteiger partial charge in [0.2, 0.25) is 5.91 Å². The van der Waals surface area contributed by atoms with Gasteiger partial charge in [0, 0.05) is 5.02 Å². The van der Waals surface area contributed by atoms with E-state index in [2.05, 4.69) is 5.32 Å². The zero-order valence-corrected chi connectivity index (χ0v) is 21.7. The number of carbonyl (C=O) groups is 1. The highest BCUT2D eigenvalue weighted by Gasteiger charge is 2.30. The van der Waals surface area contributed by atoms with Crippen LogP contribution in [0.3, 0.4) is 0 Å². The summed E-state index contributed by atoms with van der Waals surface area (Å²) < 4.78 is 45.0. The normalized spacial score (nSPS) is 13.6. The minimum Gasteiger partial charge on any atom is -0.495 e. The van der Waals surface area contributed by atoms with E-state index in [4.69, 9.17) is 25.8 Å². The van der Waals surface area contributed by atoms with Gasteiger partial charge in [0.1, 0.15) is 25.5 Å². The van der Waals surface area contributed by atoms with Crippen molar-refractivity contribution < 1.29 is 27.4 Å². The molecule has 0 aromatic heterocycles. The minimum absolute atomic E-state index is 0.0443. The molecule has 0 radical (unpaired) electrons. The molecule has 0 saturated carbocycles. The van der Waals surface area contributed by atoms with Gasteiger partial charge >= 0.3 is 0 Å². The summed E-state index contributed by atoms with van der Waals surface area (Å²) in [5.74, 6) is 1.01. The van der Waals surface area contributed by atoms with Crippen LogP contribution in [0, 0.1) is 6.92 Å². The average Bonchev–Trinajstić information content (AvgIpc) is 2.87. The Morgan fingerprint density at radius 3 is 2.44 bits per heavy atom. The van der Waals surface area contributed by atoms with Crippen molar-refractivity contribution in [2.45, 2.75) is 24.8 Å². The summed E-state index contributed by atoms with van der Waals surface area (Å²) in [5.41, 5.74) is 1.86. The van der Waals surface area contributed by atoms with Crippen molar-refractivity contribution in [3.63, 3.8) is 0 Å². The summed E-state index contributed by atoms with van der Waals surface area (Å²) in [6.07, 6.45) is 0. The number of anilines is 1. The summed E-state index contributed by atoms with van der Waals surface area (Å²) in [7, 11) is -2.71. The zero-order chi connectivity index (χ0) is 25.9. The van der Waals surface area contributed by atoms with Crippen LogP contribution in [0.15, 0.2) is 65.6 Å². The smallest absolute Gasteiger partial charge is 0.264 e. The SMILES string of the molecule is COc1ccc(Cl)cc1N(CC(=O)NC(C)c1ccc2c(c1)OCCO2)S(=O)(=O)c1ccc(C)cc1. The number of amides is 1. The fourth-order valence-electron chi connectivity index (χ4n) is 3.83. The van der Waals surface area contributed by atoms with Crippen molar-refractivity contribution >= 4 is 33.2 Å². The van der Waals surface area contributed by atoms with Gasteiger partial charge in [0.15, 0.2) is 11.5 Å². The van der Waals surface area contributed by atoms with Crippen LogP contribution in [-0.2, 0) is 14.8 Å². The van der Waals surface area contributed by atoms with E-state index in [-0.39, 0.29) is 16.3 Å². The number of carbonyl (C=O) groups excluding carboxylic acids is 1. The second kappa shape index (κ2) is 10.7. The van der Waals surface area contributed by atoms with Crippen molar-refractivity contribution in [1.82, 2.24) is 5.32 Å². The van der Waals surface area contributed by atoms with Crippen LogP contribution in [0.4, 0.5) is 5.69 Å². The lowest BCUT2D eigenvalue weighted by Gasteiger charge is -2.27. The Morgan fingerprint density at radius 2 is 1.75 bits per heavy atom. The minimum atomic E-state index is -4.13. The second-order valence-electron chi connectivity index (χ2n) is 8.33. The lowest BCUT2D eigenvalue weighted by atomic mass is 10.1. The van der Waals surface area contributed by atoms with Crippen LogP contribution in [0.5, 0.6) is 17.2 Å². The molecule has 1 N–H and O–H groups in total. The van der Waals surface area contributed by atoms with E-state index in [0.717, 1.165) is 15.4 Å². The summed E-state index contributed by atoms with van der Waals surface area (Å²) >= 11 is 6.19. The van der Waals surface area contributed by atoms with E-state index in [1.165, 1.54) is 25.3 Å². The number of hydrogen-bond donors (Lipinski definition) is 1. The fraction of sp³-hybridized carbons (Fsp3) is 0.269. The van der Waals surface area contributed by atoms with Crippen molar-refractivity contribution in [3.8, 4) is 17.2 Å². The van der Waals surface area contributed by atoms with Gasteiger partial charge in [0.25, 0.3) is 10.0 Å². The number of benzene rings is 3. The number of aryl methyl sites for hydroxylation is 1. The standard InChI is InChI=1S/C26H27ClN2O6S/c1-17-4-8-21(9-5-17)36(31,32)29(22-15-20(27)7-11-23(22)33-3)16-26(30)28-18(2)19-6-10-24-25(14-19)35-13-12-34-24/h4-11,14-15,18H,12-13,16H2,1-3H3,(H,28,30). The molecular weight excluding hydrogens is 504 g/mol. The lowest BCUT2D eigenvalue weighted by Crippen LogP contribution is -2.41. The highest BCUT2D eigenvalue weighted by molar-refractivity contribution is 7.92. The predicted octanol–water partition coefficient (Wildman–Crippen LogP) is 4.50. The number of nitrogens with zero attached hydrogens (tertiary/aromatic N) is 1. The topological polar surface area (TPSA) is 94.2 Å². The maximum absolute atomic E-state index is 13.7. The van der Waals surface area contributed by atoms with Gasteiger partial charge in [-0.15, -0.1) is 0 Å². The summed E-state index contributed by atoms with van der Waals surface area (Å²) in [5, 5.41) is 3.18. The molecule has 1 aliphatic heterocycles. The molecule has 1 aliphatic rings. The van der Waals surface area contributed by atoms with Gasteiger partial charge in [0.05, 0.1) is 23.7 Å². The van der Waals surface area contributed by atoms with Crippen molar-refractivity contribution in [2.24, 2.45) is 0 Å². The highest BCUT2D eigenvalue weighted by atomic mass is 35.5. The summed E-state index contributed by atoms with van der Waals surface area (Å²) in [6.45, 7) is 4.12. The van der Waals surface area contributed by atoms with Crippen LogP contribution in [0.2, 0.25) is 5.02 Å². The molecular formula is C26H27ClN2O6S. The Morgan fingerprint density at radius 1 is 1.06 bits per heavy atom. The predicted molar refractivity (Wildman–Crippen MR) is 138 cm³/mol. The molecule has 36 heavy (non-hydrogen) atoms. The van der Waals surface area contributed by atoms with Gasteiger partial charge in [-0.1, -0.05) is 35.4 Å². The summed E-state index contributed by atoms with van der Waals surface area (Å²) in [6, 6.07) is 16.0. The molecule has 1 heterocycles. The Balaban J connectivity index is 1.63. The first kappa shape index (κ1) is 25.7. The first-order valence-corrected chi connectivity index (χ1v) is 13.1. The highest BCUT2D eigenvalue weighted by Crippen LogP contribution is 2.35. The molecule has 4 rings (SSSR count). The van der Waals surface area contributed by atoms with E-state index < -0.39 is 28.5 Å².